The molecule has 1 aliphatic heterocycles. The van der Waals surface area contributed by atoms with Crippen molar-refractivity contribution in [1.29, 1.82) is 0 Å². The minimum Gasteiger partial charge on any atom is -0.478 e. The van der Waals surface area contributed by atoms with Crippen molar-refractivity contribution in [3.63, 3.8) is 0 Å². The van der Waals surface area contributed by atoms with Crippen LogP contribution in [0.3, 0.4) is 0 Å². The fourth-order valence-electron chi connectivity index (χ4n) is 8.90. The molecule has 0 spiro atoms. The van der Waals surface area contributed by atoms with Crippen LogP contribution in [0.15, 0.2) is 17.3 Å². The Morgan fingerprint density at radius 2 is 1.98 bits per heavy atom. The van der Waals surface area contributed by atoms with Crippen molar-refractivity contribution in [3.05, 3.63) is 23.5 Å². The van der Waals surface area contributed by atoms with Crippen LogP contribution in [0.4, 0.5) is 4.39 Å². The lowest BCUT2D eigenvalue weighted by atomic mass is 9.41. The normalized spacial score (nSPS) is 38.7. The number of fused-ring (bicyclic) bond motifs is 1. The summed E-state index contributed by atoms with van der Waals surface area (Å²) in [6, 6.07) is 2.92. The van der Waals surface area contributed by atoms with Gasteiger partial charge in [-0.3, -0.25) is 4.79 Å². The van der Waals surface area contributed by atoms with E-state index in [1.807, 2.05) is 34.6 Å². The Kier molecular flexibility index (Phi) is 8.03. The fraction of sp³-hybridized carbons (Fsp3) is 0.710. The van der Waals surface area contributed by atoms with Crippen LogP contribution in [0.1, 0.15) is 79.2 Å². The number of hydrogen-bond acceptors (Lipinski definition) is 8. The first-order valence-electron chi connectivity index (χ1n) is 15.1. The molecule has 0 amide bonds. The van der Waals surface area contributed by atoms with E-state index in [2.05, 4.69) is 12.1 Å². The standard InChI is InChI=1S/C31H43BFNO8/c1-16(2)42-34-15-29(5)13-20(25(28(37)38)41-22-8-7-19-14-40-32(39)23(19)24(22)33)30(6)17(3)9-11-31(18(4)27(29)36)12-10-21(35)26(30)31/h7-8,15-18,20,25-27,36,39H,9-14H2,1-6H3,(H,37,38)/t17-,18+,20+,25?,26+,27+,29+,30-,31+/m1/s1. The zero-order valence-corrected chi connectivity index (χ0v) is 25.3. The Bertz CT molecular complexity index is 1280. The Morgan fingerprint density at radius 1 is 1.26 bits per heavy atom. The summed E-state index contributed by atoms with van der Waals surface area (Å²) in [6.45, 7) is 11.6. The minimum absolute atomic E-state index is 0.0341. The van der Waals surface area contributed by atoms with E-state index in [9.17, 15) is 24.8 Å². The number of nitrogens with zero attached hydrogens (tertiary/aromatic N) is 1. The molecule has 0 radical (unpaired) electrons. The molecular formula is C31H43BFNO8. The molecule has 3 N–H and O–H groups in total. The van der Waals surface area contributed by atoms with Gasteiger partial charge in [0, 0.05) is 29.1 Å². The van der Waals surface area contributed by atoms with Crippen LogP contribution in [0.25, 0.3) is 0 Å². The molecule has 1 unspecified atom stereocenters. The van der Waals surface area contributed by atoms with Crippen molar-refractivity contribution in [2.75, 3.05) is 0 Å². The average Bonchev–Trinajstić information content (AvgIpc) is 3.48. The number of oxime groups is 1. The van der Waals surface area contributed by atoms with E-state index in [1.165, 1.54) is 6.07 Å². The van der Waals surface area contributed by atoms with Gasteiger partial charge in [0.15, 0.2) is 17.7 Å². The number of carboxylic acids is 1. The zero-order valence-electron chi connectivity index (χ0n) is 25.3. The largest absolute Gasteiger partial charge is 0.494 e. The van der Waals surface area contributed by atoms with Gasteiger partial charge in [-0.2, -0.15) is 0 Å². The monoisotopic (exact) mass is 587 g/mol. The molecule has 0 saturated heterocycles. The first-order valence-corrected chi connectivity index (χ1v) is 15.1. The summed E-state index contributed by atoms with van der Waals surface area (Å²) in [7, 11) is -1.47. The maximum Gasteiger partial charge on any atom is 0.494 e. The lowest BCUT2D eigenvalue weighted by Crippen LogP contribution is -2.64. The number of rotatable bonds is 7. The third-order valence-electron chi connectivity index (χ3n) is 11.3. The number of benzene rings is 1. The van der Waals surface area contributed by atoms with E-state index in [4.69, 9.17) is 14.2 Å². The van der Waals surface area contributed by atoms with Gasteiger partial charge < -0.3 is 29.5 Å². The molecule has 1 heterocycles. The summed E-state index contributed by atoms with van der Waals surface area (Å²) in [5.74, 6) is -4.01. The number of carboxylic acid groups (broad SMARTS) is 1. The Labute approximate surface area is 246 Å². The number of hydrogen-bond donors (Lipinski definition) is 3. The zero-order chi connectivity index (χ0) is 30.8. The third-order valence-corrected chi connectivity index (χ3v) is 11.3. The molecule has 4 aliphatic rings. The molecule has 3 saturated carbocycles. The molecule has 1 aromatic carbocycles. The lowest BCUT2D eigenvalue weighted by molar-refractivity contribution is -0.191. The molecule has 0 aromatic heterocycles. The maximum absolute atomic E-state index is 15.7. The minimum atomic E-state index is -1.56. The summed E-state index contributed by atoms with van der Waals surface area (Å²) in [4.78, 5) is 32.4. The van der Waals surface area contributed by atoms with Crippen molar-refractivity contribution in [2.24, 2.45) is 45.1 Å². The number of aliphatic hydroxyl groups is 1. The Balaban J connectivity index is 1.67. The van der Waals surface area contributed by atoms with Gasteiger partial charge >= 0.3 is 13.1 Å². The van der Waals surface area contributed by atoms with Gasteiger partial charge in [0.2, 0.25) is 0 Å². The van der Waals surface area contributed by atoms with Gasteiger partial charge in [0.25, 0.3) is 0 Å². The maximum atomic E-state index is 15.7. The van der Waals surface area contributed by atoms with E-state index >= 15 is 4.39 Å². The average molecular weight is 587 g/mol. The van der Waals surface area contributed by atoms with Crippen LogP contribution in [0.5, 0.6) is 5.75 Å². The Hall–Kier alpha value is -2.50. The number of ketones is 1. The number of aliphatic hydroxyl groups excluding tert-OH is 1. The van der Waals surface area contributed by atoms with Crippen molar-refractivity contribution in [3.8, 4) is 5.75 Å². The highest BCUT2D eigenvalue weighted by molar-refractivity contribution is 6.61. The molecule has 42 heavy (non-hydrogen) atoms. The van der Waals surface area contributed by atoms with Gasteiger partial charge in [-0.15, -0.1) is 0 Å². The topological polar surface area (TPSA) is 135 Å². The smallest absolute Gasteiger partial charge is 0.478 e. The van der Waals surface area contributed by atoms with Crippen LogP contribution >= 0.6 is 0 Å². The lowest BCUT2D eigenvalue weighted by Gasteiger charge is -2.62. The van der Waals surface area contributed by atoms with Crippen molar-refractivity contribution >= 4 is 30.5 Å². The predicted octanol–water partition coefficient (Wildman–Crippen LogP) is 3.71. The quantitative estimate of drug-likeness (QED) is 0.250. The molecule has 3 fully saturated rings. The van der Waals surface area contributed by atoms with E-state index in [-0.39, 0.29) is 48.0 Å². The number of ether oxygens (including phenoxy) is 1. The highest BCUT2D eigenvalue weighted by atomic mass is 19.1. The molecule has 9 nitrogen and oxygen atoms in total. The SMILES string of the molecule is CC(C)ON=C[C@]1(C)C[C@@H](C(Oc2ccc3c(c2F)B(O)OC3)C(=O)O)[C@@]2(C)[C@H](C)CC[C@]3(CCC(=O)[C@H]32)[C@@H](C)[C@@H]1O. The van der Waals surface area contributed by atoms with Gasteiger partial charge in [0.1, 0.15) is 11.9 Å². The van der Waals surface area contributed by atoms with Crippen molar-refractivity contribution < 1.29 is 43.4 Å². The van der Waals surface area contributed by atoms with Crippen molar-refractivity contribution in [2.45, 2.75) is 98.6 Å². The number of carbonyl (C=O) groups is 2. The first kappa shape index (κ1) is 30.9. The molecule has 3 aliphatic carbocycles. The first-order chi connectivity index (χ1) is 19.7. The number of aliphatic carboxylic acids is 1. The highest BCUT2D eigenvalue weighted by Crippen LogP contribution is 2.69. The van der Waals surface area contributed by atoms with Gasteiger partial charge in [0.05, 0.1) is 18.9 Å². The summed E-state index contributed by atoms with van der Waals surface area (Å²) in [5, 5.41) is 37.1. The molecule has 2 bridgehead atoms. The molecule has 1 aromatic rings. The van der Waals surface area contributed by atoms with E-state index in [0.717, 1.165) is 12.8 Å². The van der Waals surface area contributed by atoms with Crippen molar-refractivity contribution in [1.82, 2.24) is 0 Å². The summed E-state index contributed by atoms with van der Waals surface area (Å²) in [5.41, 5.74) is -2.01. The van der Waals surface area contributed by atoms with Crippen LogP contribution in [0, 0.1) is 45.7 Å². The van der Waals surface area contributed by atoms with E-state index in [1.54, 1.807) is 12.3 Å². The summed E-state index contributed by atoms with van der Waals surface area (Å²) < 4.78 is 26.9. The molecule has 9 atom stereocenters. The van der Waals surface area contributed by atoms with Gasteiger partial charge in [-0.1, -0.05) is 38.9 Å². The fourth-order valence-corrected chi connectivity index (χ4v) is 8.90. The van der Waals surface area contributed by atoms with Crippen LogP contribution in [-0.4, -0.2) is 58.6 Å². The second-order valence-corrected chi connectivity index (χ2v) is 13.9. The molecule has 11 heteroatoms. The number of carbonyl (C=O) groups excluding carboxylic acids is 1. The number of halogens is 1. The van der Waals surface area contributed by atoms with E-state index in [0.29, 0.717) is 18.4 Å². The predicted molar refractivity (Wildman–Crippen MR) is 154 cm³/mol. The van der Waals surface area contributed by atoms with E-state index < -0.39 is 59.2 Å². The summed E-state index contributed by atoms with van der Waals surface area (Å²) in [6.07, 6.45) is 1.46. The van der Waals surface area contributed by atoms with Gasteiger partial charge in [-0.05, 0) is 73.8 Å². The van der Waals surface area contributed by atoms with Gasteiger partial charge in [-0.25, -0.2) is 9.18 Å². The Morgan fingerprint density at radius 3 is 2.64 bits per heavy atom. The third kappa shape index (κ3) is 4.67. The highest BCUT2D eigenvalue weighted by Gasteiger charge is 2.69. The molecular weight excluding hydrogens is 544 g/mol. The van der Waals surface area contributed by atoms with Crippen LogP contribution < -0.4 is 10.2 Å². The summed E-state index contributed by atoms with van der Waals surface area (Å²) >= 11 is 0. The second kappa shape index (κ2) is 10.9. The molecule has 5 rings (SSSR count). The second-order valence-electron chi connectivity index (χ2n) is 13.9. The van der Waals surface area contributed by atoms with Crippen LogP contribution in [-0.2, 0) is 25.7 Å². The molecule has 230 valence electrons. The van der Waals surface area contributed by atoms with Crippen LogP contribution in [0.2, 0.25) is 0 Å². The number of Topliss-reactive ketones (excluding diaryl/α,β-unsaturated/α-hetero) is 1.